The highest BCUT2D eigenvalue weighted by molar-refractivity contribution is 7.51. The molecule has 0 unspecified atom stereocenters. The minimum absolute atomic E-state index is 0.0924. The van der Waals surface area contributed by atoms with Crippen molar-refractivity contribution in [3.8, 4) is 6.07 Å². The summed E-state index contributed by atoms with van der Waals surface area (Å²) in [6.45, 7) is 0.405. The molecule has 1 aromatic carbocycles. The lowest BCUT2D eigenvalue weighted by Crippen LogP contribution is -2.58. The van der Waals surface area contributed by atoms with Gasteiger partial charge in [-0.3, -0.25) is 23.9 Å². The predicted octanol–water partition coefficient (Wildman–Crippen LogP) is 4.63. The van der Waals surface area contributed by atoms with E-state index in [1.54, 1.807) is 17.3 Å². The number of rotatable bonds is 6. The van der Waals surface area contributed by atoms with Gasteiger partial charge in [0.1, 0.15) is 12.1 Å². The summed E-state index contributed by atoms with van der Waals surface area (Å²) in [6, 6.07) is 10.4. The van der Waals surface area contributed by atoms with Crippen LogP contribution >= 0.6 is 18.9 Å². The zero-order chi connectivity index (χ0) is 33.5. The van der Waals surface area contributed by atoms with Crippen molar-refractivity contribution >= 4 is 46.7 Å². The van der Waals surface area contributed by atoms with Gasteiger partial charge >= 0.3 is 7.60 Å². The average Bonchev–Trinajstić information content (AvgIpc) is 3.85. The maximum Gasteiger partial charge on any atom is 0.363 e. The number of thiophene rings is 1. The number of aromatic nitrogens is 1. The maximum absolute atomic E-state index is 14.5. The van der Waals surface area contributed by atoms with Crippen molar-refractivity contribution in [3.05, 3.63) is 64.8 Å². The van der Waals surface area contributed by atoms with E-state index < -0.39 is 37.0 Å². The summed E-state index contributed by atoms with van der Waals surface area (Å²) >= 11 is 1.15. The number of fused-ring (bicyclic) bond motifs is 3. The van der Waals surface area contributed by atoms with E-state index in [1.165, 1.54) is 24.3 Å². The Morgan fingerprint density at radius 1 is 1.15 bits per heavy atom. The second-order valence-corrected chi connectivity index (χ2v) is 16.8. The van der Waals surface area contributed by atoms with Gasteiger partial charge in [0.2, 0.25) is 17.7 Å². The molecule has 8 atom stereocenters. The molecule has 2 aliphatic carbocycles. The normalized spacial score (nSPS) is 31.0. The molecule has 3 N–H and O–H groups in total. The number of nitrogens with one attached hydrogen (secondary N) is 1. The predicted molar refractivity (Wildman–Crippen MR) is 173 cm³/mol. The summed E-state index contributed by atoms with van der Waals surface area (Å²) in [5, 5.41) is 13.7. The van der Waals surface area contributed by atoms with Crippen LogP contribution in [0.5, 0.6) is 0 Å². The second kappa shape index (κ2) is 11.4. The molecule has 0 radical (unpaired) electrons. The number of likely N-dealkylation sites (tertiary alicyclic amines) is 1. The Labute approximate surface area is 280 Å². The van der Waals surface area contributed by atoms with Crippen molar-refractivity contribution in [2.45, 2.75) is 80.4 Å². The largest absolute Gasteiger partial charge is 0.363 e. The number of pyridine rings is 1. The van der Waals surface area contributed by atoms with E-state index in [2.05, 4.69) is 16.4 Å². The molecule has 3 saturated heterocycles. The third-order valence-electron chi connectivity index (χ3n) is 11.3. The fourth-order valence-electron chi connectivity index (χ4n) is 8.70. The molecule has 5 fully saturated rings. The summed E-state index contributed by atoms with van der Waals surface area (Å²) < 4.78 is 26.4. The molecule has 0 bridgehead atoms. The Balaban J connectivity index is 1.04. The van der Waals surface area contributed by atoms with Gasteiger partial charge in [0.05, 0.1) is 22.4 Å². The molecule has 3 amide bonds. The zero-order valence-electron chi connectivity index (χ0n) is 25.9. The molecule has 5 heterocycles. The van der Waals surface area contributed by atoms with E-state index in [-0.39, 0.29) is 35.3 Å². The van der Waals surface area contributed by atoms with Crippen LogP contribution in [0.3, 0.4) is 0 Å². The fraction of sp³-hybridized carbons (Fsp3) is 0.500. The Morgan fingerprint density at radius 3 is 2.65 bits per heavy atom. The number of carbonyl (C=O) groups excluding carboxylic acids is 3. The lowest BCUT2D eigenvalue weighted by Gasteiger charge is -2.37. The molecule has 11 nitrogen and oxygen atoms in total. The first-order valence-corrected chi connectivity index (χ1v) is 18.9. The smallest absolute Gasteiger partial charge is 0.340 e. The molecule has 14 heteroatoms. The number of benzene rings is 1. The van der Waals surface area contributed by atoms with Crippen LogP contribution in [0, 0.1) is 29.1 Å². The number of halogens is 1. The minimum Gasteiger partial charge on any atom is -0.340 e. The standard InChI is InChI=1S/C34H35FN5O6PS/c35-30(47(44,45)46)18-3-6-28-22(10-18)14-29(48-28)31(41)38-26-13-21-11-20(21)12-23-4-5-27(40(23)32(26)42)33(43)39-17-24(19-2-1-9-37-16-19)25(15-36)34(39)7-8-34/h1-3,6,9-10,14,16,20-21,23-27,30H,4-5,7-8,11-13,17H2,(H,38,41)(H2,44,45,46)/t20-,21+,23-,24+,25+,26+,27+,30-/m1/s1. The summed E-state index contributed by atoms with van der Waals surface area (Å²) in [5.41, 5.74) is 0.230. The molecule has 5 aliphatic rings. The summed E-state index contributed by atoms with van der Waals surface area (Å²) in [6.07, 6.45) is 8.51. The number of hydrogen-bond donors (Lipinski definition) is 3. The molecule has 48 heavy (non-hydrogen) atoms. The van der Waals surface area contributed by atoms with Gasteiger partial charge in [0.15, 0.2) is 0 Å². The van der Waals surface area contributed by atoms with Crippen molar-refractivity contribution in [2.24, 2.45) is 17.8 Å². The third kappa shape index (κ3) is 5.25. The van der Waals surface area contributed by atoms with Crippen molar-refractivity contribution in [2.75, 3.05) is 6.54 Å². The maximum atomic E-state index is 14.5. The summed E-state index contributed by atoms with van der Waals surface area (Å²) in [5.74, 6) is -3.06. The van der Waals surface area contributed by atoms with Gasteiger partial charge in [-0.1, -0.05) is 12.1 Å². The van der Waals surface area contributed by atoms with E-state index in [9.17, 15) is 38.4 Å². The number of hydrogen-bond acceptors (Lipinski definition) is 7. The van der Waals surface area contributed by atoms with Crippen LogP contribution in [0.15, 0.2) is 48.8 Å². The van der Waals surface area contributed by atoms with Gasteiger partial charge in [-0.05, 0) is 97.6 Å². The van der Waals surface area contributed by atoms with Crippen LogP contribution in [-0.4, -0.2) is 72.5 Å². The van der Waals surface area contributed by atoms with E-state index in [0.29, 0.717) is 52.6 Å². The quantitative estimate of drug-likeness (QED) is 0.315. The number of alkyl halides is 1. The van der Waals surface area contributed by atoms with E-state index in [1.807, 2.05) is 17.0 Å². The fourth-order valence-corrected chi connectivity index (χ4v) is 10.2. The number of amides is 3. The molecular weight excluding hydrogens is 656 g/mol. The van der Waals surface area contributed by atoms with Crippen molar-refractivity contribution in [1.29, 1.82) is 5.26 Å². The molecule has 8 rings (SSSR count). The monoisotopic (exact) mass is 691 g/mol. The lowest BCUT2D eigenvalue weighted by atomic mass is 9.85. The van der Waals surface area contributed by atoms with Crippen LogP contribution in [0.4, 0.5) is 4.39 Å². The van der Waals surface area contributed by atoms with Crippen molar-refractivity contribution < 1.29 is 33.1 Å². The van der Waals surface area contributed by atoms with Gasteiger partial charge in [0, 0.05) is 35.6 Å². The highest BCUT2D eigenvalue weighted by Crippen LogP contribution is 2.58. The SMILES string of the molecule is N#C[C@H]1[C@H](c2cccnc2)CN(C(=O)[C@@H]2CC[C@@H]3C[C@H]4C[C@H]4C[C@H](NC(=O)c4cc5cc([C@H](F)P(=O)(O)O)ccc5s4)C(=O)N32)C12CC2. The van der Waals surface area contributed by atoms with Crippen LogP contribution in [0.25, 0.3) is 10.1 Å². The van der Waals surface area contributed by atoms with E-state index >= 15 is 0 Å². The lowest BCUT2D eigenvalue weighted by molar-refractivity contribution is -0.148. The first-order chi connectivity index (χ1) is 23.0. The van der Waals surface area contributed by atoms with Crippen LogP contribution in [0.1, 0.15) is 77.6 Å². The van der Waals surface area contributed by atoms with Gasteiger partial charge in [-0.2, -0.15) is 5.26 Å². The number of nitriles is 1. The van der Waals surface area contributed by atoms with Crippen LogP contribution < -0.4 is 5.32 Å². The summed E-state index contributed by atoms with van der Waals surface area (Å²) in [7, 11) is -4.99. The van der Waals surface area contributed by atoms with Crippen LogP contribution in [0.2, 0.25) is 0 Å². The van der Waals surface area contributed by atoms with Crippen molar-refractivity contribution in [1.82, 2.24) is 20.1 Å². The van der Waals surface area contributed by atoms with Gasteiger partial charge < -0.3 is 24.9 Å². The Kier molecular flexibility index (Phi) is 7.53. The molecule has 2 saturated carbocycles. The Hall–Kier alpha value is -3.69. The first-order valence-electron chi connectivity index (χ1n) is 16.5. The van der Waals surface area contributed by atoms with Gasteiger partial charge in [-0.25, -0.2) is 4.39 Å². The molecule has 3 aromatic rings. The van der Waals surface area contributed by atoms with E-state index in [0.717, 1.165) is 42.6 Å². The first kappa shape index (κ1) is 31.6. The summed E-state index contributed by atoms with van der Waals surface area (Å²) in [4.78, 5) is 69.1. The number of carbonyl (C=O) groups is 3. The Morgan fingerprint density at radius 2 is 1.94 bits per heavy atom. The zero-order valence-corrected chi connectivity index (χ0v) is 27.7. The number of nitrogens with zero attached hydrogens (tertiary/aromatic N) is 4. The average molecular weight is 692 g/mol. The minimum atomic E-state index is -4.99. The highest BCUT2D eigenvalue weighted by Gasteiger charge is 2.65. The molecule has 2 aromatic heterocycles. The molecule has 250 valence electrons. The van der Waals surface area contributed by atoms with Gasteiger partial charge in [-0.15, -0.1) is 11.3 Å². The van der Waals surface area contributed by atoms with E-state index in [4.69, 9.17) is 0 Å². The third-order valence-corrected chi connectivity index (χ3v) is 13.3. The van der Waals surface area contributed by atoms with Gasteiger partial charge in [0.25, 0.3) is 5.91 Å². The molecular formula is C34H35FN5O6PS. The van der Waals surface area contributed by atoms with Crippen LogP contribution in [-0.2, 0) is 14.2 Å². The highest BCUT2D eigenvalue weighted by atomic mass is 32.1. The van der Waals surface area contributed by atoms with Crippen molar-refractivity contribution in [3.63, 3.8) is 0 Å². The Bertz CT molecular complexity index is 1910. The molecule has 3 aliphatic heterocycles. The topological polar surface area (TPSA) is 164 Å². The second-order valence-electron chi connectivity index (χ2n) is 14.1. The molecule has 1 spiro atoms.